The number of hydrogen-bond donors (Lipinski definition) is 1. The van der Waals surface area contributed by atoms with Crippen LogP contribution < -0.4 is 0 Å². The van der Waals surface area contributed by atoms with Crippen LogP contribution in [0.2, 0.25) is 0 Å². The van der Waals surface area contributed by atoms with Crippen molar-refractivity contribution < 1.29 is 14.8 Å². The van der Waals surface area contributed by atoms with Gasteiger partial charge in [-0.1, -0.05) is 0 Å². The van der Waals surface area contributed by atoms with Crippen LogP contribution in [0.3, 0.4) is 0 Å². The van der Waals surface area contributed by atoms with Crippen molar-refractivity contribution in [2.75, 3.05) is 0 Å². The number of nitro groups is 1. The van der Waals surface area contributed by atoms with Gasteiger partial charge in [-0.2, -0.15) is 5.26 Å². The summed E-state index contributed by atoms with van der Waals surface area (Å²) < 4.78 is 0. The zero-order valence-electron chi connectivity index (χ0n) is 7.72. The third-order valence-electron chi connectivity index (χ3n) is 1.81. The third kappa shape index (κ3) is 1.91. The highest BCUT2D eigenvalue weighted by molar-refractivity contribution is 5.98. The number of nitrogens with zero attached hydrogens (tertiary/aromatic N) is 2. The average Bonchev–Trinajstić information content (AvgIpc) is 2.16. The molecule has 0 aliphatic carbocycles. The van der Waals surface area contributed by atoms with Crippen molar-refractivity contribution in [2.24, 2.45) is 0 Å². The van der Waals surface area contributed by atoms with Crippen molar-refractivity contribution in [2.45, 2.75) is 6.92 Å². The van der Waals surface area contributed by atoms with Gasteiger partial charge < -0.3 is 5.11 Å². The van der Waals surface area contributed by atoms with E-state index in [0.717, 1.165) is 19.1 Å². The van der Waals surface area contributed by atoms with E-state index in [-0.39, 0.29) is 11.1 Å². The highest BCUT2D eigenvalue weighted by Gasteiger charge is 2.20. The van der Waals surface area contributed by atoms with Gasteiger partial charge in [0.05, 0.1) is 10.5 Å². The molecule has 0 spiro atoms. The molecule has 15 heavy (non-hydrogen) atoms. The summed E-state index contributed by atoms with van der Waals surface area (Å²) in [7, 11) is 0. The summed E-state index contributed by atoms with van der Waals surface area (Å²) in [6.07, 6.45) is 0. The summed E-state index contributed by atoms with van der Waals surface area (Å²) in [4.78, 5) is 20.8. The molecule has 0 fully saturated rings. The number of nitro benzene ring substituents is 1. The Hall–Kier alpha value is -2.42. The number of phenolic OH excluding ortho intramolecular Hbond substituents is 1. The lowest BCUT2D eigenvalue weighted by Gasteiger charge is -2.01. The molecule has 1 aromatic rings. The molecule has 0 saturated heterocycles. The molecule has 0 aliphatic rings. The first kappa shape index (κ1) is 10.7. The molecule has 0 radical (unpaired) electrons. The number of ketones is 1. The average molecular weight is 206 g/mol. The van der Waals surface area contributed by atoms with Crippen LogP contribution in [0.1, 0.15) is 22.8 Å². The van der Waals surface area contributed by atoms with E-state index in [1.165, 1.54) is 0 Å². The van der Waals surface area contributed by atoms with Crippen molar-refractivity contribution in [3.05, 3.63) is 33.4 Å². The third-order valence-corrected chi connectivity index (χ3v) is 1.81. The molecular weight excluding hydrogens is 200 g/mol. The highest BCUT2D eigenvalue weighted by atomic mass is 16.6. The highest BCUT2D eigenvalue weighted by Crippen LogP contribution is 2.27. The fourth-order valence-corrected chi connectivity index (χ4v) is 1.10. The van der Waals surface area contributed by atoms with Gasteiger partial charge in [-0.25, -0.2) is 0 Å². The van der Waals surface area contributed by atoms with Crippen LogP contribution in [0, 0.1) is 21.4 Å². The van der Waals surface area contributed by atoms with E-state index in [0.29, 0.717) is 0 Å². The number of carbonyl (C=O) groups excluding carboxylic acids is 1. The van der Waals surface area contributed by atoms with Crippen LogP contribution in [-0.4, -0.2) is 15.8 Å². The number of benzene rings is 1. The normalized spacial score (nSPS) is 9.33. The Morgan fingerprint density at radius 2 is 2.20 bits per heavy atom. The predicted octanol–water partition coefficient (Wildman–Crippen LogP) is 1.37. The minimum absolute atomic E-state index is 0.212. The first-order valence-electron chi connectivity index (χ1n) is 3.89. The topological polar surface area (TPSA) is 104 Å². The van der Waals surface area contributed by atoms with E-state index < -0.39 is 22.1 Å². The Bertz CT molecular complexity index is 488. The lowest BCUT2D eigenvalue weighted by atomic mass is 10.1. The van der Waals surface area contributed by atoms with Gasteiger partial charge in [0, 0.05) is 6.07 Å². The van der Waals surface area contributed by atoms with Crippen molar-refractivity contribution in [1.29, 1.82) is 5.26 Å². The van der Waals surface area contributed by atoms with Crippen molar-refractivity contribution in [1.82, 2.24) is 0 Å². The minimum Gasteiger partial charge on any atom is -0.507 e. The summed E-state index contributed by atoms with van der Waals surface area (Å²) >= 11 is 0. The molecule has 0 heterocycles. The van der Waals surface area contributed by atoms with Crippen molar-refractivity contribution >= 4 is 11.5 Å². The molecule has 0 atom stereocenters. The quantitative estimate of drug-likeness (QED) is 0.447. The van der Waals surface area contributed by atoms with E-state index in [2.05, 4.69) is 0 Å². The van der Waals surface area contributed by atoms with E-state index in [4.69, 9.17) is 5.26 Å². The molecule has 0 amide bonds. The summed E-state index contributed by atoms with van der Waals surface area (Å²) in [5, 5.41) is 28.4. The smallest absolute Gasteiger partial charge is 0.281 e. The van der Waals surface area contributed by atoms with Gasteiger partial charge in [-0.3, -0.25) is 14.9 Å². The number of Topliss-reactive ketones (excluding diaryl/α,β-unsaturated/α-hetero) is 1. The second kappa shape index (κ2) is 3.75. The Morgan fingerprint density at radius 1 is 1.60 bits per heavy atom. The molecule has 6 nitrogen and oxygen atoms in total. The molecule has 0 bridgehead atoms. The van der Waals surface area contributed by atoms with E-state index in [9.17, 15) is 20.0 Å². The number of aromatic hydroxyl groups is 1. The van der Waals surface area contributed by atoms with E-state index >= 15 is 0 Å². The summed E-state index contributed by atoms with van der Waals surface area (Å²) in [5.74, 6) is -0.977. The molecule has 6 heteroatoms. The van der Waals surface area contributed by atoms with Gasteiger partial charge in [0.2, 0.25) is 0 Å². The number of phenols is 1. The van der Waals surface area contributed by atoms with Crippen molar-refractivity contribution in [3.8, 4) is 11.8 Å². The molecule has 0 saturated carbocycles. The molecule has 0 aliphatic heterocycles. The predicted molar refractivity (Wildman–Crippen MR) is 49.5 cm³/mol. The zero-order chi connectivity index (χ0) is 11.6. The summed E-state index contributed by atoms with van der Waals surface area (Å²) in [5.41, 5.74) is -0.917. The summed E-state index contributed by atoms with van der Waals surface area (Å²) in [6.45, 7) is 1.15. The molecule has 1 rings (SSSR count). The maximum Gasteiger partial charge on any atom is 0.281 e. The van der Waals surface area contributed by atoms with Gasteiger partial charge in [0.15, 0.2) is 5.78 Å². The Morgan fingerprint density at radius 3 is 2.60 bits per heavy atom. The van der Waals surface area contributed by atoms with Crippen LogP contribution in [0.15, 0.2) is 12.1 Å². The van der Waals surface area contributed by atoms with E-state index in [1.54, 1.807) is 6.07 Å². The van der Waals surface area contributed by atoms with Gasteiger partial charge in [0.1, 0.15) is 17.4 Å². The second-order valence-electron chi connectivity index (χ2n) is 2.81. The van der Waals surface area contributed by atoms with Gasteiger partial charge in [-0.15, -0.1) is 0 Å². The fraction of sp³-hybridized carbons (Fsp3) is 0.111. The van der Waals surface area contributed by atoms with Gasteiger partial charge in [-0.05, 0) is 13.0 Å². The first-order valence-corrected chi connectivity index (χ1v) is 3.89. The molecular formula is C9H6N2O4. The van der Waals surface area contributed by atoms with Gasteiger partial charge >= 0.3 is 0 Å². The monoisotopic (exact) mass is 206 g/mol. The molecule has 1 aromatic carbocycles. The molecule has 76 valence electrons. The van der Waals surface area contributed by atoms with Crippen LogP contribution in [0.5, 0.6) is 5.75 Å². The maximum atomic E-state index is 11.0. The maximum absolute atomic E-state index is 11.0. The van der Waals surface area contributed by atoms with Crippen LogP contribution >= 0.6 is 0 Å². The number of hydrogen-bond acceptors (Lipinski definition) is 5. The number of nitriles is 1. The minimum atomic E-state index is -0.767. The molecule has 0 unspecified atom stereocenters. The Kier molecular flexibility index (Phi) is 2.67. The van der Waals surface area contributed by atoms with Crippen molar-refractivity contribution in [3.63, 3.8) is 0 Å². The number of rotatable bonds is 2. The van der Waals surface area contributed by atoms with Crippen LogP contribution in [-0.2, 0) is 0 Å². The van der Waals surface area contributed by atoms with Gasteiger partial charge in [0.25, 0.3) is 5.69 Å². The molecule has 0 aromatic heterocycles. The molecule has 1 N–H and O–H groups in total. The Balaban J connectivity index is 3.54. The zero-order valence-corrected chi connectivity index (χ0v) is 7.72. The lowest BCUT2D eigenvalue weighted by molar-refractivity contribution is -0.385. The standard InChI is InChI=1S/C9H6N2O4/c1-5(12)7-3-9(13)6(4-10)2-8(7)11(14)15/h2-3,13H,1H3. The largest absolute Gasteiger partial charge is 0.507 e. The van der Waals surface area contributed by atoms with Crippen LogP contribution in [0.4, 0.5) is 5.69 Å². The van der Waals surface area contributed by atoms with Crippen LogP contribution in [0.25, 0.3) is 0 Å². The first-order chi connectivity index (χ1) is 6.97. The SMILES string of the molecule is CC(=O)c1cc(O)c(C#N)cc1[N+](=O)[O-]. The summed E-state index contributed by atoms with van der Waals surface area (Å²) in [6, 6.07) is 3.40. The Labute approximate surface area is 84.5 Å². The second-order valence-corrected chi connectivity index (χ2v) is 2.81. The fourth-order valence-electron chi connectivity index (χ4n) is 1.10. The number of carbonyl (C=O) groups is 1. The lowest BCUT2D eigenvalue weighted by Crippen LogP contribution is -2.00. The van der Waals surface area contributed by atoms with E-state index in [1.807, 2.05) is 0 Å².